The summed E-state index contributed by atoms with van der Waals surface area (Å²) < 4.78 is 0. The summed E-state index contributed by atoms with van der Waals surface area (Å²) in [7, 11) is 0. The van der Waals surface area contributed by atoms with Crippen LogP contribution in [0.15, 0.2) is 41.8 Å². The number of carbonyl (C=O) groups is 1. The minimum absolute atomic E-state index is 0.0395. The molecule has 1 heterocycles. The van der Waals surface area contributed by atoms with Crippen molar-refractivity contribution in [3.05, 3.63) is 42.2 Å². The van der Waals surface area contributed by atoms with Crippen LogP contribution in [-0.4, -0.2) is 20.3 Å². The molecule has 0 aliphatic carbocycles. The quantitative estimate of drug-likeness (QED) is 0.758. The Kier molecular flexibility index (Phi) is 2.60. The van der Waals surface area contributed by atoms with E-state index in [-0.39, 0.29) is 5.12 Å². The predicted molar refractivity (Wildman–Crippen MR) is 53.0 cm³/mol. The minimum atomic E-state index is -0.0395. The first-order valence-corrected chi connectivity index (χ1v) is 4.80. The molecule has 1 aromatic heterocycles. The van der Waals surface area contributed by atoms with Crippen LogP contribution in [0.4, 0.5) is 0 Å². The molecule has 5 heteroatoms. The summed E-state index contributed by atoms with van der Waals surface area (Å²) in [5.41, 5.74) is 0.661. The number of aromatic nitrogens is 3. The fourth-order valence-corrected chi connectivity index (χ4v) is 1.59. The van der Waals surface area contributed by atoms with Crippen molar-refractivity contribution in [2.75, 3.05) is 0 Å². The Labute approximate surface area is 84.8 Å². The van der Waals surface area contributed by atoms with Crippen molar-refractivity contribution in [2.45, 2.75) is 5.16 Å². The number of aromatic amines is 1. The first-order chi connectivity index (χ1) is 6.86. The molecular weight excluding hydrogens is 198 g/mol. The second kappa shape index (κ2) is 4.06. The molecule has 0 saturated heterocycles. The average Bonchev–Trinajstić information content (AvgIpc) is 2.72. The van der Waals surface area contributed by atoms with Gasteiger partial charge in [0.25, 0.3) is 0 Å². The van der Waals surface area contributed by atoms with Gasteiger partial charge in [-0.25, -0.2) is 4.98 Å². The van der Waals surface area contributed by atoms with Gasteiger partial charge in [-0.3, -0.25) is 9.89 Å². The fraction of sp³-hybridized carbons (Fsp3) is 0. The van der Waals surface area contributed by atoms with Gasteiger partial charge in [0.15, 0.2) is 5.16 Å². The normalized spacial score (nSPS) is 10.0. The lowest BCUT2D eigenvalue weighted by molar-refractivity contribution is 0.108. The van der Waals surface area contributed by atoms with Crippen molar-refractivity contribution in [1.82, 2.24) is 15.2 Å². The van der Waals surface area contributed by atoms with E-state index in [1.165, 1.54) is 6.33 Å². The summed E-state index contributed by atoms with van der Waals surface area (Å²) in [4.78, 5) is 15.4. The number of benzene rings is 1. The Bertz CT molecular complexity index is 413. The molecule has 4 nitrogen and oxygen atoms in total. The highest BCUT2D eigenvalue weighted by molar-refractivity contribution is 8.14. The Morgan fingerprint density at radius 2 is 2.07 bits per heavy atom. The molecule has 1 aromatic carbocycles. The van der Waals surface area contributed by atoms with Crippen molar-refractivity contribution in [3.63, 3.8) is 0 Å². The van der Waals surface area contributed by atoms with Crippen LogP contribution in [0.25, 0.3) is 0 Å². The van der Waals surface area contributed by atoms with Gasteiger partial charge >= 0.3 is 0 Å². The fourth-order valence-electron chi connectivity index (χ4n) is 0.964. The molecule has 0 unspecified atom stereocenters. The van der Waals surface area contributed by atoms with Crippen molar-refractivity contribution in [3.8, 4) is 0 Å². The summed E-state index contributed by atoms with van der Waals surface area (Å²) in [6.45, 7) is 0. The van der Waals surface area contributed by atoms with E-state index in [4.69, 9.17) is 0 Å². The molecule has 0 saturated carbocycles. The van der Waals surface area contributed by atoms with Gasteiger partial charge in [0.2, 0.25) is 5.12 Å². The lowest BCUT2D eigenvalue weighted by Crippen LogP contribution is -1.92. The molecular formula is C9H7N3OS. The molecule has 0 amide bonds. The Balaban J connectivity index is 2.11. The average molecular weight is 205 g/mol. The van der Waals surface area contributed by atoms with Gasteiger partial charge in [-0.1, -0.05) is 30.3 Å². The zero-order valence-corrected chi connectivity index (χ0v) is 7.99. The molecule has 0 fully saturated rings. The van der Waals surface area contributed by atoms with Gasteiger partial charge in [-0.2, -0.15) is 5.10 Å². The SMILES string of the molecule is O=C(Sc1ncn[nH]1)c1ccccc1. The van der Waals surface area contributed by atoms with Crippen molar-refractivity contribution >= 4 is 16.9 Å². The summed E-state index contributed by atoms with van der Waals surface area (Å²) in [6.07, 6.45) is 1.38. The number of nitrogens with one attached hydrogen (secondary N) is 1. The topological polar surface area (TPSA) is 58.6 Å². The lowest BCUT2D eigenvalue weighted by atomic mass is 10.2. The molecule has 2 aromatic rings. The first kappa shape index (κ1) is 8.96. The zero-order valence-electron chi connectivity index (χ0n) is 7.18. The summed E-state index contributed by atoms with van der Waals surface area (Å²) in [6, 6.07) is 9.07. The van der Waals surface area contributed by atoms with Gasteiger partial charge in [0.1, 0.15) is 6.33 Å². The second-order valence-electron chi connectivity index (χ2n) is 2.55. The third-order valence-electron chi connectivity index (χ3n) is 1.59. The van der Waals surface area contributed by atoms with E-state index >= 15 is 0 Å². The first-order valence-electron chi connectivity index (χ1n) is 3.99. The van der Waals surface area contributed by atoms with E-state index in [1.54, 1.807) is 12.1 Å². The van der Waals surface area contributed by atoms with Crippen molar-refractivity contribution < 1.29 is 4.79 Å². The van der Waals surface area contributed by atoms with Crippen LogP contribution >= 0.6 is 11.8 Å². The number of nitrogens with zero attached hydrogens (tertiary/aromatic N) is 2. The molecule has 1 N–H and O–H groups in total. The molecule has 0 radical (unpaired) electrons. The van der Waals surface area contributed by atoms with E-state index < -0.39 is 0 Å². The van der Waals surface area contributed by atoms with Gasteiger partial charge < -0.3 is 0 Å². The minimum Gasteiger partial charge on any atom is -0.281 e. The van der Waals surface area contributed by atoms with Crippen LogP contribution in [0.3, 0.4) is 0 Å². The van der Waals surface area contributed by atoms with Crippen LogP contribution in [0.1, 0.15) is 10.4 Å². The molecule has 0 bridgehead atoms. The maximum atomic E-state index is 11.6. The molecule has 14 heavy (non-hydrogen) atoms. The third kappa shape index (κ3) is 2.00. The highest BCUT2D eigenvalue weighted by Gasteiger charge is 2.08. The third-order valence-corrected chi connectivity index (χ3v) is 2.40. The zero-order chi connectivity index (χ0) is 9.80. The van der Waals surface area contributed by atoms with E-state index in [1.807, 2.05) is 18.2 Å². The van der Waals surface area contributed by atoms with Crippen LogP contribution in [0.2, 0.25) is 0 Å². The molecule has 0 spiro atoms. The number of thioether (sulfide) groups is 1. The predicted octanol–water partition coefficient (Wildman–Crippen LogP) is 1.74. The van der Waals surface area contributed by atoms with Crippen LogP contribution in [0.5, 0.6) is 0 Å². The van der Waals surface area contributed by atoms with Gasteiger partial charge in [0.05, 0.1) is 0 Å². The smallest absolute Gasteiger partial charge is 0.227 e. The maximum absolute atomic E-state index is 11.6. The lowest BCUT2D eigenvalue weighted by Gasteiger charge is -1.95. The van der Waals surface area contributed by atoms with E-state index in [2.05, 4.69) is 15.2 Å². The molecule has 0 aliphatic heterocycles. The van der Waals surface area contributed by atoms with Gasteiger partial charge in [-0.15, -0.1) is 0 Å². The van der Waals surface area contributed by atoms with E-state index in [9.17, 15) is 4.79 Å². The van der Waals surface area contributed by atoms with Crippen LogP contribution < -0.4 is 0 Å². The molecule has 2 rings (SSSR count). The number of hydrogen-bond acceptors (Lipinski definition) is 4. The van der Waals surface area contributed by atoms with Crippen molar-refractivity contribution in [1.29, 1.82) is 0 Å². The van der Waals surface area contributed by atoms with E-state index in [0.717, 1.165) is 11.8 Å². The van der Waals surface area contributed by atoms with Crippen LogP contribution in [0, 0.1) is 0 Å². The number of H-pyrrole nitrogens is 1. The van der Waals surface area contributed by atoms with Crippen LogP contribution in [-0.2, 0) is 0 Å². The summed E-state index contributed by atoms with van der Waals surface area (Å²) in [5, 5.41) is 6.75. The highest BCUT2D eigenvalue weighted by Crippen LogP contribution is 2.17. The van der Waals surface area contributed by atoms with Gasteiger partial charge in [0, 0.05) is 5.56 Å². The molecule has 0 aliphatic rings. The number of hydrogen-bond donors (Lipinski definition) is 1. The largest absolute Gasteiger partial charge is 0.281 e. The Morgan fingerprint density at radius 1 is 1.29 bits per heavy atom. The summed E-state index contributed by atoms with van der Waals surface area (Å²) >= 11 is 1.04. The summed E-state index contributed by atoms with van der Waals surface area (Å²) in [5.74, 6) is 0. The maximum Gasteiger partial charge on any atom is 0.227 e. The number of carbonyl (C=O) groups excluding carboxylic acids is 1. The highest BCUT2D eigenvalue weighted by atomic mass is 32.2. The molecule has 0 atom stereocenters. The Hall–Kier alpha value is -1.62. The molecule has 70 valence electrons. The van der Waals surface area contributed by atoms with Crippen molar-refractivity contribution in [2.24, 2.45) is 0 Å². The van der Waals surface area contributed by atoms with Gasteiger partial charge in [-0.05, 0) is 11.8 Å². The monoisotopic (exact) mass is 205 g/mol. The Morgan fingerprint density at radius 3 is 2.71 bits per heavy atom. The standard InChI is InChI=1S/C9H7N3OS/c13-8(7-4-2-1-3-5-7)14-9-10-6-11-12-9/h1-6H,(H,10,11,12). The second-order valence-corrected chi connectivity index (χ2v) is 3.51. The number of rotatable bonds is 2. The van der Waals surface area contributed by atoms with E-state index in [0.29, 0.717) is 10.7 Å².